The predicted octanol–water partition coefficient (Wildman–Crippen LogP) is 3.35. The first kappa shape index (κ1) is 12.1. The summed E-state index contributed by atoms with van der Waals surface area (Å²) in [6, 6.07) is 14.7. The fourth-order valence-electron chi connectivity index (χ4n) is 1.82. The van der Waals surface area contributed by atoms with Crippen molar-refractivity contribution in [3.63, 3.8) is 0 Å². The van der Waals surface area contributed by atoms with Crippen LogP contribution >= 0.6 is 11.3 Å². The van der Waals surface area contributed by atoms with Gasteiger partial charge in [-0.25, -0.2) is 0 Å². The third kappa shape index (κ3) is 3.58. The highest BCUT2D eigenvalue weighted by Crippen LogP contribution is 2.20. The molecule has 2 aromatic rings. The van der Waals surface area contributed by atoms with Crippen molar-refractivity contribution in [2.24, 2.45) is 0 Å². The highest BCUT2D eigenvalue weighted by Gasteiger charge is 2.06. The largest absolute Gasteiger partial charge is 0.391 e. The molecule has 0 atom stereocenters. The van der Waals surface area contributed by atoms with Crippen LogP contribution in [-0.2, 0) is 13.1 Å². The molecule has 0 saturated heterocycles. The molecule has 1 aromatic heterocycles. The van der Waals surface area contributed by atoms with Gasteiger partial charge in [-0.3, -0.25) is 4.90 Å². The molecular weight excluding hydrogens is 228 g/mol. The summed E-state index contributed by atoms with van der Waals surface area (Å²) in [5, 5.41) is 0.899. The molecule has 0 spiro atoms. The molecule has 3 heteroatoms. The molecule has 0 fully saturated rings. The molecule has 1 aromatic carbocycles. The third-order valence-corrected chi connectivity index (χ3v) is 3.66. The standard InChI is InChI=1S/C14H18N2S/c1-2-16(10-12-6-4-3-5-7-12)11-13-8-9-14(15)17-13/h3-9H,2,10-11,15H2,1H3. The number of rotatable bonds is 5. The highest BCUT2D eigenvalue weighted by atomic mass is 32.1. The first-order valence-corrected chi connectivity index (χ1v) is 6.70. The van der Waals surface area contributed by atoms with E-state index < -0.39 is 0 Å². The van der Waals surface area contributed by atoms with E-state index in [2.05, 4.69) is 48.2 Å². The van der Waals surface area contributed by atoms with Gasteiger partial charge in [-0.2, -0.15) is 0 Å². The molecule has 0 amide bonds. The van der Waals surface area contributed by atoms with Crippen molar-refractivity contribution in [1.29, 1.82) is 0 Å². The Bertz CT molecular complexity index is 450. The SMILES string of the molecule is CCN(Cc1ccccc1)Cc1ccc(N)s1. The van der Waals surface area contributed by atoms with Gasteiger partial charge in [0, 0.05) is 18.0 Å². The summed E-state index contributed by atoms with van der Waals surface area (Å²) in [6.07, 6.45) is 0. The van der Waals surface area contributed by atoms with Gasteiger partial charge in [0.25, 0.3) is 0 Å². The topological polar surface area (TPSA) is 29.3 Å². The Balaban J connectivity index is 1.98. The van der Waals surface area contributed by atoms with Gasteiger partial charge in [-0.15, -0.1) is 11.3 Å². The van der Waals surface area contributed by atoms with Gasteiger partial charge < -0.3 is 5.73 Å². The molecule has 0 radical (unpaired) electrons. The lowest BCUT2D eigenvalue weighted by Gasteiger charge is -2.19. The zero-order valence-electron chi connectivity index (χ0n) is 10.1. The smallest absolute Gasteiger partial charge is 0.0859 e. The van der Waals surface area contributed by atoms with Crippen molar-refractivity contribution in [3.05, 3.63) is 52.9 Å². The van der Waals surface area contributed by atoms with Crippen LogP contribution in [-0.4, -0.2) is 11.4 Å². The first-order chi connectivity index (χ1) is 8.28. The Kier molecular flexibility index (Phi) is 4.18. The second-order valence-corrected chi connectivity index (χ2v) is 5.29. The van der Waals surface area contributed by atoms with E-state index in [1.165, 1.54) is 10.4 Å². The average Bonchev–Trinajstić information content (AvgIpc) is 2.75. The predicted molar refractivity (Wildman–Crippen MR) is 75.0 cm³/mol. The first-order valence-electron chi connectivity index (χ1n) is 5.88. The van der Waals surface area contributed by atoms with Crippen LogP contribution < -0.4 is 5.73 Å². The van der Waals surface area contributed by atoms with E-state index in [-0.39, 0.29) is 0 Å². The molecular formula is C14H18N2S. The zero-order valence-corrected chi connectivity index (χ0v) is 10.9. The van der Waals surface area contributed by atoms with Crippen molar-refractivity contribution in [3.8, 4) is 0 Å². The minimum Gasteiger partial charge on any atom is -0.391 e. The highest BCUT2D eigenvalue weighted by molar-refractivity contribution is 7.15. The molecule has 0 unspecified atom stereocenters. The van der Waals surface area contributed by atoms with E-state index in [4.69, 9.17) is 5.73 Å². The van der Waals surface area contributed by atoms with Crippen molar-refractivity contribution in [2.45, 2.75) is 20.0 Å². The van der Waals surface area contributed by atoms with E-state index in [0.717, 1.165) is 24.6 Å². The molecule has 0 bridgehead atoms. The number of benzene rings is 1. The Morgan fingerprint density at radius 3 is 2.41 bits per heavy atom. The Morgan fingerprint density at radius 1 is 1.06 bits per heavy atom. The molecule has 90 valence electrons. The van der Waals surface area contributed by atoms with E-state index in [1.807, 2.05) is 6.07 Å². The Hall–Kier alpha value is -1.32. The number of hydrogen-bond donors (Lipinski definition) is 1. The number of nitrogens with two attached hydrogens (primary N) is 1. The van der Waals surface area contributed by atoms with Crippen LogP contribution in [0.5, 0.6) is 0 Å². The summed E-state index contributed by atoms with van der Waals surface area (Å²) in [5.41, 5.74) is 7.11. The number of anilines is 1. The van der Waals surface area contributed by atoms with Crippen molar-refractivity contribution in [2.75, 3.05) is 12.3 Å². The quantitative estimate of drug-likeness (QED) is 0.876. The van der Waals surface area contributed by atoms with E-state index in [1.54, 1.807) is 11.3 Å². The third-order valence-electron chi connectivity index (χ3n) is 2.76. The molecule has 0 aliphatic carbocycles. The van der Waals surface area contributed by atoms with Gasteiger partial charge in [0.2, 0.25) is 0 Å². The molecule has 0 saturated carbocycles. The van der Waals surface area contributed by atoms with Gasteiger partial charge in [-0.1, -0.05) is 37.3 Å². The maximum Gasteiger partial charge on any atom is 0.0859 e. The number of hydrogen-bond acceptors (Lipinski definition) is 3. The molecule has 0 aliphatic rings. The van der Waals surface area contributed by atoms with Crippen LogP contribution in [0, 0.1) is 0 Å². The van der Waals surface area contributed by atoms with Gasteiger partial charge in [-0.05, 0) is 24.2 Å². The summed E-state index contributed by atoms with van der Waals surface area (Å²) in [4.78, 5) is 3.75. The molecule has 17 heavy (non-hydrogen) atoms. The lowest BCUT2D eigenvalue weighted by Crippen LogP contribution is -2.21. The minimum atomic E-state index is 0.899. The van der Waals surface area contributed by atoms with Gasteiger partial charge in [0.15, 0.2) is 0 Å². The zero-order chi connectivity index (χ0) is 12.1. The summed E-state index contributed by atoms with van der Waals surface area (Å²) in [5.74, 6) is 0. The Morgan fingerprint density at radius 2 is 1.82 bits per heavy atom. The molecule has 2 rings (SSSR count). The van der Waals surface area contributed by atoms with Gasteiger partial charge in [0.05, 0.1) is 5.00 Å². The van der Waals surface area contributed by atoms with Crippen molar-refractivity contribution >= 4 is 16.3 Å². The lowest BCUT2D eigenvalue weighted by molar-refractivity contribution is 0.274. The summed E-state index contributed by atoms with van der Waals surface area (Å²) in [7, 11) is 0. The van der Waals surface area contributed by atoms with Crippen LogP contribution in [0.25, 0.3) is 0 Å². The summed E-state index contributed by atoms with van der Waals surface area (Å²) < 4.78 is 0. The van der Waals surface area contributed by atoms with E-state index in [9.17, 15) is 0 Å². The van der Waals surface area contributed by atoms with Crippen LogP contribution in [0.15, 0.2) is 42.5 Å². The lowest BCUT2D eigenvalue weighted by atomic mass is 10.2. The molecule has 1 heterocycles. The average molecular weight is 246 g/mol. The van der Waals surface area contributed by atoms with Crippen LogP contribution in [0.2, 0.25) is 0 Å². The normalized spacial score (nSPS) is 10.9. The minimum absolute atomic E-state index is 0.899. The van der Waals surface area contributed by atoms with Crippen LogP contribution in [0.3, 0.4) is 0 Å². The second-order valence-electron chi connectivity index (χ2n) is 4.09. The van der Waals surface area contributed by atoms with Crippen molar-refractivity contribution < 1.29 is 0 Å². The number of thiophene rings is 1. The monoisotopic (exact) mass is 246 g/mol. The van der Waals surface area contributed by atoms with Gasteiger partial charge in [0.1, 0.15) is 0 Å². The fourth-order valence-corrected chi connectivity index (χ4v) is 2.64. The molecule has 2 nitrogen and oxygen atoms in total. The van der Waals surface area contributed by atoms with Gasteiger partial charge >= 0.3 is 0 Å². The van der Waals surface area contributed by atoms with Crippen molar-refractivity contribution in [1.82, 2.24) is 4.90 Å². The molecule has 0 aliphatic heterocycles. The number of nitrogens with zero attached hydrogens (tertiary/aromatic N) is 1. The molecule has 2 N–H and O–H groups in total. The Labute approximate surface area is 107 Å². The summed E-state index contributed by atoms with van der Waals surface area (Å²) >= 11 is 1.68. The van der Waals surface area contributed by atoms with E-state index >= 15 is 0 Å². The second kappa shape index (κ2) is 5.84. The summed E-state index contributed by atoms with van der Waals surface area (Å²) in [6.45, 7) is 5.22. The maximum atomic E-state index is 5.75. The fraction of sp³-hybridized carbons (Fsp3) is 0.286. The maximum absolute atomic E-state index is 5.75. The van der Waals surface area contributed by atoms with Crippen LogP contribution in [0.4, 0.5) is 5.00 Å². The van der Waals surface area contributed by atoms with Crippen LogP contribution in [0.1, 0.15) is 17.4 Å². The van der Waals surface area contributed by atoms with E-state index in [0.29, 0.717) is 0 Å². The number of nitrogen functional groups attached to an aromatic ring is 1.